The van der Waals surface area contributed by atoms with Crippen LogP contribution in [0, 0.1) is 11.3 Å². The normalized spacial score (nSPS) is 11.1. The molecule has 1 rings (SSSR count). The molecule has 0 spiro atoms. The number of hydrogen-bond acceptors (Lipinski definition) is 3. The minimum Gasteiger partial charge on any atom is -0.768 e. The van der Waals surface area contributed by atoms with Crippen molar-refractivity contribution in [3.8, 4) is 6.07 Å². The molecule has 0 aliphatic rings. The van der Waals surface area contributed by atoms with E-state index in [0.29, 0.717) is 5.56 Å². The Balaban J connectivity index is 0.00000144. The molecule has 0 N–H and O–H groups in total. The summed E-state index contributed by atoms with van der Waals surface area (Å²) in [5.41, 5.74) is 0.549. The van der Waals surface area contributed by atoms with Crippen LogP contribution < -0.4 is 29.6 Å². The van der Waals surface area contributed by atoms with Crippen LogP contribution in [0.2, 0.25) is 0 Å². The summed E-state index contributed by atoms with van der Waals surface area (Å²) in [6.07, 6.45) is 0.129. The summed E-state index contributed by atoms with van der Waals surface area (Å²) in [4.78, 5) is 0.207. The van der Waals surface area contributed by atoms with Crippen molar-refractivity contribution in [3.05, 3.63) is 29.8 Å². The van der Waals surface area contributed by atoms with E-state index in [1.807, 2.05) is 6.07 Å². The second-order valence-corrected chi connectivity index (χ2v) is 3.09. The van der Waals surface area contributed by atoms with Gasteiger partial charge >= 0.3 is 29.6 Å². The molecule has 0 aliphatic heterocycles. The van der Waals surface area contributed by atoms with Gasteiger partial charge in [0.2, 0.25) is 0 Å². The zero-order valence-electron chi connectivity index (χ0n) is 7.19. The molecule has 1 aromatic rings. The molecule has 0 heterocycles. The van der Waals surface area contributed by atoms with E-state index in [-0.39, 0.29) is 40.9 Å². The van der Waals surface area contributed by atoms with Crippen molar-refractivity contribution in [1.82, 2.24) is 0 Å². The van der Waals surface area contributed by atoms with Crippen molar-refractivity contribution in [1.29, 1.82) is 5.26 Å². The maximum absolute atomic E-state index is 10.6. The molecule has 5 heteroatoms. The Morgan fingerprint density at radius 2 is 2.08 bits per heavy atom. The molecule has 0 saturated heterocycles. The van der Waals surface area contributed by atoms with E-state index >= 15 is 0 Å². The van der Waals surface area contributed by atoms with Gasteiger partial charge in [-0.2, -0.15) is 5.26 Å². The minimum atomic E-state index is -2.24. The first-order valence-electron chi connectivity index (χ1n) is 3.30. The zero-order valence-corrected chi connectivity index (χ0v) is 10.0. The predicted octanol–water partition coefficient (Wildman–Crippen LogP) is -2.01. The number of benzene rings is 1. The molecule has 0 aromatic heterocycles. The van der Waals surface area contributed by atoms with E-state index in [0.717, 1.165) is 0 Å². The second-order valence-electron chi connectivity index (χ2n) is 2.18. The number of nitriles is 1. The Morgan fingerprint density at radius 3 is 2.62 bits per heavy atom. The van der Waals surface area contributed by atoms with Crippen LogP contribution in [0.15, 0.2) is 29.2 Å². The van der Waals surface area contributed by atoms with Crippen LogP contribution in [0.1, 0.15) is 5.56 Å². The van der Waals surface area contributed by atoms with E-state index in [1.54, 1.807) is 18.2 Å². The molecule has 0 radical (unpaired) electrons. The third kappa shape index (κ3) is 3.59. The van der Waals surface area contributed by atoms with Gasteiger partial charge in [-0.3, -0.25) is 4.21 Å². The van der Waals surface area contributed by atoms with Gasteiger partial charge in [-0.25, -0.2) is 0 Å². The average Bonchev–Trinajstić information content (AvgIpc) is 2.05. The molecular formula is C8H6NNaO2S. The summed E-state index contributed by atoms with van der Waals surface area (Å²) < 4.78 is 21.2. The van der Waals surface area contributed by atoms with Crippen LogP contribution in [0.3, 0.4) is 0 Å². The molecule has 3 nitrogen and oxygen atoms in total. The maximum atomic E-state index is 10.6. The number of rotatable bonds is 2. The van der Waals surface area contributed by atoms with Crippen molar-refractivity contribution in [3.63, 3.8) is 0 Å². The van der Waals surface area contributed by atoms with Gasteiger partial charge in [0.15, 0.2) is 0 Å². The van der Waals surface area contributed by atoms with Crippen molar-refractivity contribution in [2.24, 2.45) is 0 Å². The van der Waals surface area contributed by atoms with Crippen LogP contribution in [0.4, 0.5) is 0 Å². The van der Waals surface area contributed by atoms with Gasteiger partial charge in [-0.15, -0.1) is 0 Å². The van der Waals surface area contributed by atoms with Gasteiger partial charge < -0.3 is 4.55 Å². The summed E-state index contributed by atoms with van der Waals surface area (Å²) in [6, 6.07) is 8.36. The van der Waals surface area contributed by atoms with E-state index in [1.165, 1.54) is 6.07 Å². The molecule has 0 saturated carbocycles. The van der Waals surface area contributed by atoms with Crippen LogP contribution in [-0.4, -0.2) is 8.76 Å². The minimum absolute atomic E-state index is 0. The third-order valence-electron chi connectivity index (χ3n) is 1.42. The van der Waals surface area contributed by atoms with Crippen LogP contribution in [0.25, 0.3) is 0 Å². The summed E-state index contributed by atoms with van der Waals surface area (Å²) in [7, 11) is 0. The molecule has 0 amide bonds. The Labute approximate surface area is 101 Å². The number of nitrogens with zero attached hydrogens (tertiary/aromatic N) is 1. The smallest absolute Gasteiger partial charge is 0.768 e. The first-order chi connectivity index (χ1) is 5.75. The zero-order chi connectivity index (χ0) is 8.97. The van der Waals surface area contributed by atoms with E-state index in [4.69, 9.17) is 5.26 Å². The fraction of sp³-hybridized carbons (Fsp3) is 0.125. The fourth-order valence-corrected chi connectivity index (χ4v) is 1.44. The molecule has 0 fully saturated rings. The van der Waals surface area contributed by atoms with Gasteiger partial charge in [0, 0.05) is 4.90 Å². The van der Waals surface area contributed by atoms with Gasteiger partial charge in [-0.05, 0) is 22.7 Å². The maximum Gasteiger partial charge on any atom is 1.00 e. The van der Waals surface area contributed by atoms with E-state index in [9.17, 15) is 8.76 Å². The summed E-state index contributed by atoms with van der Waals surface area (Å²) >= 11 is -2.24. The van der Waals surface area contributed by atoms with E-state index in [2.05, 4.69) is 0 Å². The van der Waals surface area contributed by atoms with Crippen molar-refractivity contribution < 1.29 is 38.3 Å². The Morgan fingerprint density at radius 1 is 1.46 bits per heavy atom. The quantitative estimate of drug-likeness (QED) is 0.412. The Bertz CT molecular complexity index is 348. The third-order valence-corrected chi connectivity index (χ3v) is 2.18. The summed E-state index contributed by atoms with van der Waals surface area (Å²) in [5, 5.41) is 8.37. The molecule has 0 aliphatic carbocycles. The van der Waals surface area contributed by atoms with Crippen molar-refractivity contribution >= 4 is 11.1 Å². The standard InChI is InChI=1S/C8H7NO2S.Na/c9-6-5-7-3-1-2-4-8(7)12(10)11;/h1-4H,5H2,(H,10,11);/q;+1/p-1. The topological polar surface area (TPSA) is 63.9 Å². The molecule has 1 atom stereocenters. The van der Waals surface area contributed by atoms with Gasteiger partial charge in [0.05, 0.1) is 12.5 Å². The largest absolute Gasteiger partial charge is 1.00 e. The summed E-state index contributed by atoms with van der Waals surface area (Å²) in [6.45, 7) is 0. The van der Waals surface area contributed by atoms with Crippen molar-refractivity contribution in [2.45, 2.75) is 11.3 Å². The summed E-state index contributed by atoms with van der Waals surface area (Å²) in [5.74, 6) is 0. The van der Waals surface area contributed by atoms with Crippen LogP contribution in [0.5, 0.6) is 0 Å². The van der Waals surface area contributed by atoms with Crippen LogP contribution in [-0.2, 0) is 17.5 Å². The number of hydrogen-bond donors (Lipinski definition) is 0. The first-order valence-corrected chi connectivity index (χ1v) is 4.37. The average molecular weight is 203 g/mol. The van der Waals surface area contributed by atoms with Gasteiger partial charge in [0.25, 0.3) is 0 Å². The molecule has 0 bridgehead atoms. The molecule has 62 valence electrons. The van der Waals surface area contributed by atoms with Crippen LogP contribution >= 0.6 is 0 Å². The molecular weight excluding hydrogens is 197 g/mol. The van der Waals surface area contributed by atoms with Gasteiger partial charge in [0.1, 0.15) is 0 Å². The second kappa shape index (κ2) is 6.30. The Kier molecular flexibility index (Phi) is 6.21. The molecule has 13 heavy (non-hydrogen) atoms. The molecule has 1 unspecified atom stereocenters. The first kappa shape index (κ1) is 12.8. The van der Waals surface area contributed by atoms with Gasteiger partial charge in [-0.1, -0.05) is 18.2 Å². The SMILES string of the molecule is N#CCc1ccccc1S(=O)[O-].[Na+]. The van der Waals surface area contributed by atoms with E-state index < -0.39 is 11.1 Å². The van der Waals surface area contributed by atoms with Crippen molar-refractivity contribution in [2.75, 3.05) is 0 Å². The monoisotopic (exact) mass is 203 g/mol. The fourth-order valence-electron chi connectivity index (χ4n) is 0.898. The predicted molar refractivity (Wildman–Crippen MR) is 42.9 cm³/mol. The molecule has 1 aromatic carbocycles. The Hall–Kier alpha value is -0.180.